The van der Waals surface area contributed by atoms with E-state index in [-0.39, 0.29) is 11.9 Å². The van der Waals surface area contributed by atoms with Crippen LogP contribution < -0.4 is 4.90 Å². The molecule has 1 aromatic rings. The molecule has 2 heteroatoms. The summed E-state index contributed by atoms with van der Waals surface area (Å²) in [5.41, 5.74) is 1.02. The fourth-order valence-electron chi connectivity index (χ4n) is 3.73. The Morgan fingerprint density at radius 1 is 0.741 bits per heavy atom. The number of hydrogen-bond donors (Lipinski definition) is 0. The summed E-state index contributed by atoms with van der Waals surface area (Å²) in [4.78, 5) is 14.6. The van der Waals surface area contributed by atoms with Gasteiger partial charge in [-0.1, -0.05) is 102 Å². The first-order chi connectivity index (χ1) is 13.2. The van der Waals surface area contributed by atoms with E-state index >= 15 is 0 Å². The molecule has 154 valence electrons. The highest BCUT2D eigenvalue weighted by Gasteiger charge is 2.17. The Morgan fingerprint density at radius 3 is 1.63 bits per heavy atom. The number of carbonyl (C=O) groups excluding carboxylic acids is 1. The smallest absolute Gasteiger partial charge is 0.227 e. The van der Waals surface area contributed by atoms with Crippen LogP contribution in [-0.4, -0.2) is 11.9 Å². The topological polar surface area (TPSA) is 20.3 Å². The van der Waals surface area contributed by atoms with Crippen molar-refractivity contribution >= 4 is 11.6 Å². The summed E-state index contributed by atoms with van der Waals surface area (Å²) < 4.78 is 0. The first-order valence-corrected chi connectivity index (χ1v) is 11.5. The summed E-state index contributed by atoms with van der Waals surface area (Å²) in [7, 11) is 0. The van der Waals surface area contributed by atoms with Crippen molar-refractivity contribution in [1.29, 1.82) is 0 Å². The first-order valence-electron chi connectivity index (χ1n) is 11.5. The van der Waals surface area contributed by atoms with Crippen LogP contribution in [-0.2, 0) is 4.79 Å². The van der Waals surface area contributed by atoms with Crippen molar-refractivity contribution in [2.24, 2.45) is 0 Å². The predicted molar refractivity (Wildman–Crippen MR) is 119 cm³/mol. The van der Waals surface area contributed by atoms with Crippen LogP contribution in [0.15, 0.2) is 30.3 Å². The van der Waals surface area contributed by atoms with Gasteiger partial charge < -0.3 is 4.90 Å². The molecule has 2 nitrogen and oxygen atoms in total. The second-order valence-corrected chi connectivity index (χ2v) is 8.19. The number of unbranched alkanes of at least 4 members (excludes halogenated alkanes) is 12. The van der Waals surface area contributed by atoms with Gasteiger partial charge in [-0.15, -0.1) is 0 Å². The Balaban J connectivity index is 2.03. The molecular weight excluding hydrogens is 330 g/mol. The predicted octanol–water partition coefficient (Wildman–Crippen LogP) is 7.91. The summed E-state index contributed by atoms with van der Waals surface area (Å²) in [6.45, 7) is 6.46. The molecule has 27 heavy (non-hydrogen) atoms. The highest BCUT2D eigenvalue weighted by Crippen LogP contribution is 2.19. The Morgan fingerprint density at radius 2 is 1.19 bits per heavy atom. The lowest BCUT2D eigenvalue weighted by molar-refractivity contribution is -0.119. The maximum atomic E-state index is 12.6. The molecule has 0 saturated heterocycles. The van der Waals surface area contributed by atoms with E-state index in [1.807, 2.05) is 35.2 Å². The average Bonchev–Trinajstić information content (AvgIpc) is 2.66. The Labute approximate surface area is 168 Å². The van der Waals surface area contributed by atoms with Crippen LogP contribution in [0.25, 0.3) is 0 Å². The zero-order chi connectivity index (χ0) is 19.7. The maximum Gasteiger partial charge on any atom is 0.227 e. The van der Waals surface area contributed by atoms with Gasteiger partial charge in [-0.05, 0) is 32.4 Å². The van der Waals surface area contributed by atoms with E-state index in [0.717, 1.165) is 12.1 Å². The minimum atomic E-state index is 0.210. The lowest BCUT2D eigenvalue weighted by atomic mass is 10.0. The zero-order valence-corrected chi connectivity index (χ0v) is 18.2. The monoisotopic (exact) mass is 373 g/mol. The van der Waals surface area contributed by atoms with Crippen LogP contribution in [0.4, 0.5) is 5.69 Å². The zero-order valence-electron chi connectivity index (χ0n) is 18.2. The van der Waals surface area contributed by atoms with Gasteiger partial charge in [0.2, 0.25) is 5.91 Å². The van der Waals surface area contributed by atoms with E-state index in [0.29, 0.717) is 6.42 Å². The highest BCUT2D eigenvalue weighted by molar-refractivity contribution is 5.93. The van der Waals surface area contributed by atoms with Crippen LogP contribution in [0, 0.1) is 0 Å². The van der Waals surface area contributed by atoms with Crippen LogP contribution in [0.3, 0.4) is 0 Å². The van der Waals surface area contributed by atoms with Gasteiger partial charge >= 0.3 is 0 Å². The van der Waals surface area contributed by atoms with E-state index in [1.165, 1.54) is 77.0 Å². The number of benzene rings is 1. The molecule has 0 aliphatic carbocycles. The van der Waals surface area contributed by atoms with Crippen molar-refractivity contribution < 1.29 is 4.79 Å². The summed E-state index contributed by atoms with van der Waals surface area (Å²) in [5, 5.41) is 0. The second kappa shape index (κ2) is 15.7. The first kappa shape index (κ1) is 23.7. The molecule has 0 atom stereocenters. The number of amides is 1. The van der Waals surface area contributed by atoms with Gasteiger partial charge in [-0.2, -0.15) is 0 Å². The van der Waals surface area contributed by atoms with Gasteiger partial charge in [0.1, 0.15) is 0 Å². The summed E-state index contributed by atoms with van der Waals surface area (Å²) in [6, 6.07) is 10.3. The molecule has 0 aliphatic heterocycles. The summed E-state index contributed by atoms with van der Waals surface area (Å²) in [6.07, 6.45) is 18.1. The number of hydrogen-bond acceptors (Lipinski definition) is 1. The van der Waals surface area contributed by atoms with Crippen LogP contribution in [0.2, 0.25) is 0 Å². The molecule has 0 aromatic heterocycles. The number of carbonyl (C=O) groups is 1. The van der Waals surface area contributed by atoms with E-state index in [9.17, 15) is 4.79 Å². The highest BCUT2D eigenvalue weighted by atomic mass is 16.2. The van der Waals surface area contributed by atoms with Crippen molar-refractivity contribution in [3.8, 4) is 0 Å². The van der Waals surface area contributed by atoms with E-state index in [4.69, 9.17) is 0 Å². The Kier molecular flexibility index (Phi) is 13.8. The molecule has 0 radical (unpaired) electrons. The Bertz CT molecular complexity index is 468. The quantitative estimate of drug-likeness (QED) is 0.270. The number of anilines is 1. The Hall–Kier alpha value is -1.31. The molecule has 0 saturated carbocycles. The normalized spacial score (nSPS) is 11.1. The molecular formula is C25H43NO. The van der Waals surface area contributed by atoms with Gasteiger partial charge in [0.05, 0.1) is 0 Å². The van der Waals surface area contributed by atoms with E-state index in [1.54, 1.807) is 0 Å². The minimum Gasteiger partial charge on any atom is -0.310 e. The van der Waals surface area contributed by atoms with E-state index < -0.39 is 0 Å². The van der Waals surface area contributed by atoms with Crippen molar-refractivity contribution in [3.05, 3.63) is 30.3 Å². The molecule has 0 unspecified atom stereocenters. The van der Waals surface area contributed by atoms with Crippen LogP contribution >= 0.6 is 0 Å². The summed E-state index contributed by atoms with van der Waals surface area (Å²) >= 11 is 0. The molecule has 0 aliphatic rings. The molecule has 0 spiro atoms. The summed E-state index contributed by atoms with van der Waals surface area (Å²) in [5.74, 6) is 0.263. The molecule has 0 bridgehead atoms. The van der Waals surface area contributed by atoms with Gasteiger partial charge in [-0.3, -0.25) is 4.79 Å². The number of nitrogens with zero attached hydrogens (tertiary/aromatic N) is 1. The van der Waals surface area contributed by atoms with Gasteiger partial charge in [0.25, 0.3) is 0 Å². The van der Waals surface area contributed by atoms with E-state index in [2.05, 4.69) is 20.8 Å². The largest absolute Gasteiger partial charge is 0.310 e. The van der Waals surface area contributed by atoms with Crippen molar-refractivity contribution in [2.45, 2.75) is 117 Å². The molecule has 0 N–H and O–H groups in total. The standard InChI is InChI=1S/C25H43NO/c1-4-5-6-7-8-9-10-11-12-13-14-15-19-22-25(27)26(23(2)3)24-20-17-16-18-21-24/h16-18,20-21,23H,4-15,19,22H2,1-3H3. The minimum absolute atomic E-state index is 0.210. The number of para-hydroxylation sites is 1. The van der Waals surface area contributed by atoms with Crippen molar-refractivity contribution in [2.75, 3.05) is 4.90 Å². The molecule has 0 heterocycles. The fraction of sp³-hybridized carbons (Fsp3) is 0.720. The lowest BCUT2D eigenvalue weighted by Crippen LogP contribution is -2.36. The molecule has 1 rings (SSSR count). The average molecular weight is 374 g/mol. The molecule has 1 amide bonds. The van der Waals surface area contributed by atoms with Gasteiger partial charge in [0.15, 0.2) is 0 Å². The van der Waals surface area contributed by atoms with Gasteiger partial charge in [-0.25, -0.2) is 0 Å². The maximum absolute atomic E-state index is 12.6. The molecule has 0 fully saturated rings. The fourth-order valence-corrected chi connectivity index (χ4v) is 3.73. The molecule has 1 aromatic carbocycles. The van der Waals surface area contributed by atoms with Crippen LogP contribution in [0.5, 0.6) is 0 Å². The third-order valence-electron chi connectivity index (χ3n) is 5.31. The SMILES string of the molecule is CCCCCCCCCCCCCCCC(=O)N(c1ccccc1)C(C)C. The van der Waals surface area contributed by atoms with Crippen molar-refractivity contribution in [3.63, 3.8) is 0 Å². The third kappa shape index (κ3) is 11.2. The van der Waals surface area contributed by atoms with Crippen LogP contribution in [0.1, 0.15) is 111 Å². The second-order valence-electron chi connectivity index (χ2n) is 8.19. The number of rotatable bonds is 16. The van der Waals surface area contributed by atoms with Crippen molar-refractivity contribution in [1.82, 2.24) is 0 Å². The third-order valence-corrected chi connectivity index (χ3v) is 5.31. The lowest BCUT2D eigenvalue weighted by Gasteiger charge is -2.27. The van der Waals surface area contributed by atoms with Gasteiger partial charge in [0, 0.05) is 18.2 Å².